The summed E-state index contributed by atoms with van der Waals surface area (Å²) in [4.78, 5) is 21.2. The molecule has 0 saturated heterocycles. The van der Waals surface area contributed by atoms with Crippen LogP contribution in [0.15, 0.2) is 58.8 Å². The van der Waals surface area contributed by atoms with Crippen LogP contribution in [-0.2, 0) is 4.74 Å². The van der Waals surface area contributed by atoms with Crippen LogP contribution < -0.4 is 21.2 Å². The molecule has 1 atom stereocenters. The van der Waals surface area contributed by atoms with Gasteiger partial charge in [-0.1, -0.05) is 17.7 Å². The van der Waals surface area contributed by atoms with E-state index < -0.39 is 0 Å². The Balaban J connectivity index is 1.77. The van der Waals surface area contributed by atoms with Crippen molar-refractivity contribution in [3.63, 3.8) is 0 Å². The highest BCUT2D eigenvalue weighted by atomic mass is 35.5. The summed E-state index contributed by atoms with van der Waals surface area (Å²) in [6, 6.07) is 11.1. The zero-order chi connectivity index (χ0) is 25.0. The van der Waals surface area contributed by atoms with Crippen molar-refractivity contribution in [3.8, 4) is 5.75 Å². The predicted molar refractivity (Wildman–Crippen MR) is 141 cm³/mol. The van der Waals surface area contributed by atoms with Gasteiger partial charge in [-0.25, -0.2) is 0 Å². The van der Waals surface area contributed by atoms with Gasteiger partial charge < -0.3 is 20.5 Å². The highest BCUT2D eigenvalue weighted by Gasteiger charge is 2.20. The van der Waals surface area contributed by atoms with Gasteiger partial charge in [-0.2, -0.15) is 0 Å². The van der Waals surface area contributed by atoms with E-state index in [1.165, 1.54) is 0 Å². The maximum Gasteiger partial charge on any atom is 0.251 e. The molecule has 2 aromatic carbocycles. The number of carbonyl (C=O) groups excluding carboxylic acids is 1. The minimum atomic E-state index is -0.176. The number of halogens is 1. The van der Waals surface area contributed by atoms with Crippen LogP contribution in [0, 0.1) is 6.92 Å². The summed E-state index contributed by atoms with van der Waals surface area (Å²) in [7, 11) is 1.58. The number of amides is 1. The number of hydrazine groups is 1. The van der Waals surface area contributed by atoms with Crippen LogP contribution in [0.3, 0.4) is 0 Å². The molecule has 1 amide bonds. The highest BCUT2D eigenvalue weighted by molar-refractivity contribution is 6.32. The molecule has 1 unspecified atom stereocenters. The lowest BCUT2D eigenvalue weighted by Gasteiger charge is -2.31. The standard InChI is InChI=1S/C25H31ClN6O3/c1-18-15-20(4-5-21(18)25(33)30-11-14-35-13-7-27)31-32-12-10-28-8-9-29-17-23(32)19-3-6-24(34-2)22(26)16-19/h3-6,8-10,12,15-16,23,31H,7,11,13-14,17,27H2,1-2H3,(H,30,33)/b12-10-,28-8?,29-9?. The van der Waals surface area contributed by atoms with Gasteiger partial charge in [-0.15, -0.1) is 0 Å². The van der Waals surface area contributed by atoms with Gasteiger partial charge >= 0.3 is 0 Å². The third-order valence-corrected chi connectivity index (χ3v) is 5.56. The van der Waals surface area contributed by atoms with E-state index in [0.29, 0.717) is 49.2 Å². The van der Waals surface area contributed by atoms with Crippen molar-refractivity contribution in [3.05, 3.63) is 70.5 Å². The minimum Gasteiger partial charge on any atom is -0.495 e. The van der Waals surface area contributed by atoms with E-state index in [2.05, 4.69) is 20.7 Å². The molecular formula is C25H31ClN6O3. The average molecular weight is 499 g/mol. The third-order valence-electron chi connectivity index (χ3n) is 5.27. The molecule has 0 bridgehead atoms. The monoisotopic (exact) mass is 498 g/mol. The van der Waals surface area contributed by atoms with Gasteiger partial charge in [0.2, 0.25) is 0 Å². The zero-order valence-corrected chi connectivity index (χ0v) is 20.7. The maximum atomic E-state index is 12.6. The first-order valence-corrected chi connectivity index (χ1v) is 11.6. The fraction of sp³-hybridized carbons (Fsp3) is 0.320. The number of hydrogen-bond donors (Lipinski definition) is 3. The number of carbonyl (C=O) groups is 1. The van der Waals surface area contributed by atoms with Gasteiger partial charge in [0.25, 0.3) is 5.91 Å². The van der Waals surface area contributed by atoms with Crippen molar-refractivity contribution in [1.82, 2.24) is 10.3 Å². The zero-order valence-electron chi connectivity index (χ0n) is 19.9. The summed E-state index contributed by atoms with van der Waals surface area (Å²) < 4.78 is 10.6. The molecule has 2 aromatic rings. The summed E-state index contributed by atoms with van der Waals surface area (Å²) >= 11 is 6.39. The average Bonchev–Trinajstić information content (AvgIpc) is 2.96. The molecule has 0 aromatic heterocycles. The van der Waals surface area contributed by atoms with E-state index in [9.17, 15) is 4.79 Å². The number of ether oxygens (including phenoxy) is 2. The van der Waals surface area contributed by atoms with Crippen LogP contribution in [0.5, 0.6) is 5.75 Å². The van der Waals surface area contributed by atoms with Crippen molar-refractivity contribution >= 4 is 35.6 Å². The Morgan fingerprint density at radius 1 is 1.23 bits per heavy atom. The second-order valence-electron chi connectivity index (χ2n) is 7.73. The van der Waals surface area contributed by atoms with E-state index in [-0.39, 0.29) is 11.9 Å². The molecule has 35 heavy (non-hydrogen) atoms. The lowest BCUT2D eigenvalue weighted by molar-refractivity contribution is 0.0919. The highest BCUT2D eigenvalue weighted by Crippen LogP contribution is 2.31. The molecule has 0 saturated carbocycles. The predicted octanol–water partition coefficient (Wildman–Crippen LogP) is 3.36. The molecule has 0 fully saturated rings. The second kappa shape index (κ2) is 13.5. The molecule has 4 N–H and O–H groups in total. The number of rotatable bonds is 10. The Kier molecular flexibility index (Phi) is 10.1. The van der Waals surface area contributed by atoms with Gasteiger partial charge in [0.1, 0.15) is 5.75 Å². The van der Waals surface area contributed by atoms with Crippen molar-refractivity contribution in [2.75, 3.05) is 45.4 Å². The van der Waals surface area contributed by atoms with E-state index in [0.717, 1.165) is 16.8 Å². The Labute approximate surface area is 210 Å². The Morgan fingerprint density at radius 3 is 2.83 bits per heavy atom. The molecule has 0 radical (unpaired) electrons. The Morgan fingerprint density at radius 2 is 2.09 bits per heavy atom. The van der Waals surface area contributed by atoms with Crippen LogP contribution in [0.1, 0.15) is 27.5 Å². The fourth-order valence-electron chi connectivity index (χ4n) is 3.52. The lowest BCUT2D eigenvalue weighted by atomic mass is 10.1. The number of methoxy groups -OCH3 is 1. The largest absolute Gasteiger partial charge is 0.495 e. The molecule has 3 rings (SSSR count). The van der Waals surface area contributed by atoms with E-state index in [4.69, 9.17) is 26.8 Å². The number of nitrogens with two attached hydrogens (primary N) is 1. The summed E-state index contributed by atoms with van der Waals surface area (Å²) in [6.07, 6.45) is 6.83. The quantitative estimate of drug-likeness (QED) is 0.433. The normalized spacial score (nSPS) is 16.2. The molecule has 0 aliphatic carbocycles. The lowest BCUT2D eigenvalue weighted by Crippen LogP contribution is -2.31. The smallest absolute Gasteiger partial charge is 0.251 e. The number of hydrogen-bond acceptors (Lipinski definition) is 8. The topological polar surface area (TPSA) is 114 Å². The number of aryl methyl sites for hydroxylation is 1. The molecule has 0 spiro atoms. The Bertz CT molecular complexity index is 1090. The third kappa shape index (κ3) is 7.54. The number of nitrogens with one attached hydrogen (secondary N) is 2. The number of benzene rings is 2. The number of nitrogens with zero attached hydrogens (tertiary/aromatic N) is 3. The molecule has 9 nitrogen and oxygen atoms in total. The van der Waals surface area contributed by atoms with E-state index >= 15 is 0 Å². The van der Waals surface area contributed by atoms with Crippen molar-refractivity contribution in [2.45, 2.75) is 13.0 Å². The van der Waals surface area contributed by atoms with Crippen LogP contribution in [0.4, 0.5) is 5.69 Å². The van der Waals surface area contributed by atoms with Gasteiger partial charge in [-0.3, -0.25) is 25.2 Å². The van der Waals surface area contributed by atoms with E-state index in [1.807, 2.05) is 48.5 Å². The van der Waals surface area contributed by atoms with Crippen LogP contribution in [0.2, 0.25) is 5.02 Å². The number of aliphatic imine (C=N–C) groups is 2. The van der Waals surface area contributed by atoms with Crippen LogP contribution in [0.25, 0.3) is 0 Å². The molecular weight excluding hydrogens is 468 g/mol. The van der Waals surface area contributed by atoms with E-state index in [1.54, 1.807) is 31.8 Å². The van der Waals surface area contributed by atoms with Crippen molar-refractivity contribution < 1.29 is 14.3 Å². The van der Waals surface area contributed by atoms with Gasteiger partial charge in [0, 0.05) is 43.5 Å². The molecule has 1 aliphatic rings. The van der Waals surface area contributed by atoms with Gasteiger partial charge in [0.05, 0.1) is 43.6 Å². The fourth-order valence-corrected chi connectivity index (χ4v) is 3.79. The maximum absolute atomic E-state index is 12.6. The summed E-state index contributed by atoms with van der Waals surface area (Å²) in [5, 5.41) is 5.30. The minimum absolute atomic E-state index is 0.150. The van der Waals surface area contributed by atoms with Gasteiger partial charge in [-0.05, 0) is 48.4 Å². The summed E-state index contributed by atoms with van der Waals surface area (Å²) in [5.74, 6) is 0.457. The molecule has 1 heterocycles. The number of anilines is 1. The second-order valence-corrected chi connectivity index (χ2v) is 8.13. The summed E-state index contributed by atoms with van der Waals surface area (Å²) in [6.45, 7) is 4.14. The van der Waals surface area contributed by atoms with Gasteiger partial charge in [0.15, 0.2) is 0 Å². The van der Waals surface area contributed by atoms with Crippen LogP contribution in [-0.4, -0.2) is 63.3 Å². The molecule has 1 aliphatic heterocycles. The van der Waals surface area contributed by atoms with Crippen LogP contribution >= 0.6 is 11.6 Å². The van der Waals surface area contributed by atoms with Crippen molar-refractivity contribution in [1.29, 1.82) is 0 Å². The first kappa shape index (κ1) is 26.2. The SMILES string of the molecule is COc1ccc(C2CN=CC=N/C=C\N2Nc2ccc(C(=O)NCCOCCN)c(C)c2)cc1Cl. The molecule has 186 valence electrons. The Hall–Kier alpha value is -3.40. The summed E-state index contributed by atoms with van der Waals surface area (Å²) in [5.41, 5.74) is 12.0. The molecule has 10 heteroatoms. The first-order chi connectivity index (χ1) is 17.0. The first-order valence-electron chi connectivity index (χ1n) is 11.3. The van der Waals surface area contributed by atoms with Crippen molar-refractivity contribution in [2.24, 2.45) is 15.7 Å².